The van der Waals surface area contributed by atoms with Crippen LogP contribution in [-0.2, 0) is 22.4 Å². The molecule has 0 saturated heterocycles. The summed E-state index contributed by atoms with van der Waals surface area (Å²) in [5, 5.41) is 28.1. The SMILES string of the molecule is CC(C)NCCOc1ccc(Cl)cc1C(=O)N[C@@H](Cc1ccccc1)C(=O)N[C@@H](Cc1ccc(O)cc1)C(=O)O. The number of amides is 2. The van der Waals surface area contributed by atoms with Crippen LogP contribution in [0.25, 0.3) is 0 Å². The minimum Gasteiger partial charge on any atom is -0.508 e. The van der Waals surface area contributed by atoms with Gasteiger partial charge in [-0.1, -0.05) is 67.9 Å². The first-order valence-electron chi connectivity index (χ1n) is 12.9. The van der Waals surface area contributed by atoms with E-state index in [0.717, 1.165) is 5.56 Å². The molecule has 0 heterocycles. The molecule has 0 aliphatic heterocycles. The van der Waals surface area contributed by atoms with Crippen molar-refractivity contribution in [3.05, 3.63) is 94.5 Å². The second-order valence-corrected chi connectivity index (χ2v) is 10.0. The number of hydrogen-bond acceptors (Lipinski definition) is 6. The molecule has 212 valence electrons. The second kappa shape index (κ2) is 14.9. The second-order valence-electron chi connectivity index (χ2n) is 9.58. The molecule has 0 aromatic heterocycles. The lowest BCUT2D eigenvalue weighted by Crippen LogP contribution is -2.53. The molecule has 0 radical (unpaired) electrons. The van der Waals surface area contributed by atoms with Gasteiger partial charge in [0.05, 0.1) is 5.56 Å². The van der Waals surface area contributed by atoms with Gasteiger partial charge in [0.1, 0.15) is 30.2 Å². The molecule has 0 aliphatic rings. The minimum atomic E-state index is -1.26. The van der Waals surface area contributed by atoms with E-state index in [-0.39, 0.29) is 30.2 Å². The van der Waals surface area contributed by atoms with Gasteiger partial charge in [-0.05, 0) is 41.5 Å². The van der Waals surface area contributed by atoms with Crippen LogP contribution in [-0.4, -0.2) is 59.3 Å². The Bertz CT molecular complexity index is 1280. The summed E-state index contributed by atoms with van der Waals surface area (Å²) < 4.78 is 5.82. The first-order chi connectivity index (χ1) is 19.1. The summed E-state index contributed by atoms with van der Waals surface area (Å²) in [4.78, 5) is 38.8. The maximum atomic E-state index is 13.4. The van der Waals surface area contributed by atoms with E-state index in [2.05, 4.69) is 16.0 Å². The first-order valence-corrected chi connectivity index (χ1v) is 13.3. The van der Waals surface area contributed by atoms with Crippen LogP contribution in [0.2, 0.25) is 5.02 Å². The molecule has 9 nitrogen and oxygen atoms in total. The zero-order chi connectivity index (χ0) is 29.1. The van der Waals surface area contributed by atoms with Gasteiger partial charge in [0.25, 0.3) is 5.91 Å². The molecule has 5 N–H and O–H groups in total. The third kappa shape index (κ3) is 9.59. The van der Waals surface area contributed by atoms with Crippen molar-refractivity contribution >= 4 is 29.4 Å². The van der Waals surface area contributed by atoms with Gasteiger partial charge in [0.2, 0.25) is 5.91 Å². The van der Waals surface area contributed by atoms with E-state index in [0.29, 0.717) is 29.5 Å². The van der Waals surface area contributed by atoms with E-state index in [1.807, 2.05) is 44.2 Å². The summed E-state index contributed by atoms with van der Waals surface area (Å²) in [6.45, 7) is 4.90. The van der Waals surface area contributed by atoms with Crippen LogP contribution in [0.5, 0.6) is 11.5 Å². The van der Waals surface area contributed by atoms with Crippen LogP contribution in [0.3, 0.4) is 0 Å². The molecule has 0 unspecified atom stereocenters. The first kappa shape index (κ1) is 30.5. The number of nitrogens with one attached hydrogen (secondary N) is 3. The van der Waals surface area contributed by atoms with Gasteiger partial charge in [-0.15, -0.1) is 0 Å². The molecule has 3 aromatic rings. The molecule has 0 saturated carbocycles. The van der Waals surface area contributed by atoms with Gasteiger partial charge in [-0.25, -0.2) is 4.79 Å². The lowest BCUT2D eigenvalue weighted by Gasteiger charge is -2.22. The number of phenolic OH excluding ortho intramolecular Hbond substituents is 1. The Kier molecular flexibility index (Phi) is 11.4. The average Bonchev–Trinajstić information content (AvgIpc) is 2.92. The molecule has 3 aromatic carbocycles. The maximum Gasteiger partial charge on any atom is 0.326 e. The molecule has 10 heteroatoms. The molecule has 2 amide bonds. The number of carbonyl (C=O) groups is 3. The van der Waals surface area contributed by atoms with Gasteiger partial charge in [0, 0.05) is 30.5 Å². The normalized spacial score (nSPS) is 12.4. The molecule has 2 atom stereocenters. The number of ether oxygens (including phenoxy) is 1. The Morgan fingerprint density at radius 3 is 2.17 bits per heavy atom. The van der Waals surface area contributed by atoms with E-state index >= 15 is 0 Å². The Labute approximate surface area is 238 Å². The highest BCUT2D eigenvalue weighted by Gasteiger charge is 2.28. The Morgan fingerprint density at radius 1 is 0.875 bits per heavy atom. The predicted octanol–water partition coefficient (Wildman–Crippen LogP) is 3.58. The summed E-state index contributed by atoms with van der Waals surface area (Å²) in [6, 6.07) is 17.7. The fourth-order valence-electron chi connectivity index (χ4n) is 3.95. The highest BCUT2D eigenvalue weighted by atomic mass is 35.5. The Balaban J connectivity index is 1.80. The van der Waals surface area contributed by atoms with Crippen LogP contribution >= 0.6 is 11.6 Å². The smallest absolute Gasteiger partial charge is 0.326 e. The van der Waals surface area contributed by atoms with Crippen molar-refractivity contribution in [2.24, 2.45) is 0 Å². The van der Waals surface area contributed by atoms with Gasteiger partial charge in [0.15, 0.2) is 0 Å². The van der Waals surface area contributed by atoms with E-state index < -0.39 is 29.9 Å². The Hall–Kier alpha value is -4.08. The quantitative estimate of drug-likeness (QED) is 0.188. The van der Waals surface area contributed by atoms with Crippen molar-refractivity contribution in [1.29, 1.82) is 0 Å². The van der Waals surface area contributed by atoms with E-state index in [4.69, 9.17) is 16.3 Å². The number of aromatic hydroxyl groups is 1. The molecular formula is C30H34ClN3O6. The fraction of sp³-hybridized carbons (Fsp3) is 0.300. The average molecular weight is 568 g/mol. The van der Waals surface area contributed by atoms with Crippen molar-refractivity contribution in [3.63, 3.8) is 0 Å². The third-order valence-corrected chi connectivity index (χ3v) is 6.23. The topological polar surface area (TPSA) is 137 Å². The van der Waals surface area contributed by atoms with Crippen LogP contribution in [0, 0.1) is 0 Å². The number of aliphatic carboxylic acids is 1. The largest absolute Gasteiger partial charge is 0.508 e. The lowest BCUT2D eigenvalue weighted by atomic mass is 10.0. The Morgan fingerprint density at radius 2 is 1.52 bits per heavy atom. The predicted molar refractivity (Wildman–Crippen MR) is 153 cm³/mol. The van der Waals surface area contributed by atoms with Crippen molar-refractivity contribution in [1.82, 2.24) is 16.0 Å². The fourth-order valence-corrected chi connectivity index (χ4v) is 4.12. The summed E-state index contributed by atoms with van der Waals surface area (Å²) in [5.74, 6) is -2.12. The highest BCUT2D eigenvalue weighted by molar-refractivity contribution is 6.31. The van der Waals surface area contributed by atoms with E-state index in [9.17, 15) is 24.6 Å². The molecule has 0 aliphatic carbocycles. The van der Waals surface area contributed by atoms with E-state index in [1.165, 1.54) is 18.2 Å². The number of rotatable bonds is 14. The molecule has 0 fully saturated rings. The number of carboxylic acids is 1. The molecular weight excluding hydrogens is 534 g/mol. The maximum absolute atomic E-state index is 13.4. The van der Waals surface area contributed by atoms with Gasteiger partial charge < -0.3 is 30.9 Å². The standard InChI is InChI=1S/C30H34ClN3O6/c1-19(2)32-14-15-40-27-13-10-22(31)18-24(27)28(36)33-25(16-20-6-4-3-5-7-20)29(37)34-26(30(38)39)17-21-8-11-23(35)12-9-21/h3-13,18-19,25-26,32,35H,14-17H2,1-2H3,(H,33,36)(H,34,37)(H,38,39)/t25-,26-/m0/s1. The monoisotopic (exact) mass is 567 g/mol. The highest BCUT2D eigenvalue weighted by Crippen LogP contribution is 2.23. The number of benzene rings is 3. The van der Waals surface area contributed by atoms with Crippen LogP contribution in [0.15, 0.2) is 72.8 Å². The zero-order valence-electron chi connectivity index (χ0n) is 22.4. The van der Waals surface area contributed by atoms with Gasteiger partial charge >= 0.3 is 5.97 Å². The molecule has 3 rings (SSSR count). The summed E-state index contributed by atoms with van der Waals surface area (Å²) in [7, 11) is 0. The summed E-state index contributed by atoms with van der Waals surface area (Å²) >= 11 is 6.17. The minimum absolute atomic E-state index is 0.00987. The molecule has 0 spiro atoms. The van der Waals surface area contributed by atoms with Crippen LogP contribution in [0.4, 0.5) is 0 Å². The van der Waals surface area contributed by atoms with E-state index in [1.54, 1.807) is 24.3 Å². The van der Waals surface area contributed by atoms with Gasteiger partial charge in [-0.3, -0.25) is 9.59 Å². The third-order valence-electron chi connectivity index (χ3n) is 5.99. The van der Waals surface area contributed by atoms with Crippen molar-refractivity contribution < 1.29 is 29.3 Å². The zero-order valence-corrected chi connectivity index (χ0v) is 23.1. The molecule has 0 bridgehead atoms. The number of halogens is 1. The van der Waals surface area contributed by atoms with Crippen molar-refractivity contribution in [2.45, 2.75) is 44.8 Å². The van der Waals surface area contributed by atoms with Crippen molar-refractivity contribution in [3.8, 4) is 11.5 Å². The number of carbonyl (C=O) groups excluding carboxylic acids is 2. The summed E-state index contributed by atoms with van der Waals surface area (Å²) in [5.41, 5.74) is 1.54. The number of phenols is 1. The number of hydrogen-bond donors (Lipinski definition) is 5. The van der Waals surface area contributed by atoms with Crippen LogP contribution in [0.1, 0.15) is 35.3 Å². The number of carboxylic acid groups (broad SMARTS) is 1. The van der Waals surface area contributed by atoms with Gasteiger partial charge in [-0.2, -0.15) is 0 Å². The van der Waals surface area contributed by atoms with Crippen LogP contribution < -0.4 is 20.7 Å². The summed E-state index contributed by atoms with van der Waals surface area (Å²) in [6.07, 6.45) is 0.114. The lowest BCUT2D eigenvalue weighted by molar-refractivity contribution is -0.142. The van der Waals surface area contributed by atoms with Crippen molar-refractivity contribution in [2.75, 3.05) is 13.2 Å². The molecule has 40 heavy (non-hydrogen) atoms.